The van der Waals surface area contributed by atoms with Crippen molar-refractivity contribution in [3.8, 4) is 5.69 Å². The Morgan fingerprint density at radius 1 is 1.13 bits per heavy atom. The first-order chi connectivity index (χ1) is 14.4. The van der Waals surface area contributed by atoms with E-state index in [4.69, 9.17) is 4.74 Å². The topological polar surface area (TPSA) is 86.4 Å². The molecular weight excluding hydrogens is 384 g/mol. The van der Waals surface area contributed by atoms with Crippen LogP contribution in [0.4, 0.5) is 0 Å². The number of fused-ring (bicyclic) bond motifs is 1. The molecule has 0 amide bonds. The SMILES string of the molecule is CCN(CC)CCn1c(=O)n(-c2ccccc2)c(=O)c2cc(C(=O)OC)c(C)nc21. The maximum Gasteiger partial charge on any atom is 0.339 e. The summed E-state index contributed by atoms with van der Waals surface area (Å²) in [4.78, 5) is 45.4. The Hall–Kier alpha value is -3.26. The minimum atomic E-state index is -0.576. The van der Waals surface area contributed by atoms with Crippen molar-refractivity contribution in [2.45, 2.75) is 27.3 Å². The number of aryl methyl sites for hydroxylation is 1. The molecule has 2 heterocycles. The lowest BCUT2D eigenvalue weighted by molar-refractivity contribution is 0.0599. The summed E-state index contributed by atoms with van der Waals surface area (Å²) in [5.41, 5.74) is 0.375. The van der Waals surface area contributed by atoms with E-state index in [1.54, 1.807) is 31.2 Å². The molecule has 2 aromatic heterocycles. The molecule has 0 fully saturated rings. The number of hydrogen-bond donors (Lipinski definition) is 0. The van der Waals surface area contributed by atoms with Crippen LogP contribution in [0.5, 0.6) is 0 Å². The van der Waals surface area contributed by atoms with Gasteiger partial charge >= 0.3 is 11.7 Å². The lowest BCUT2D eigenvalue weighted by Gasteiger charge is -2.20. The number of nitrogens with zero attached hydrogens (tertiary/aromatic N) is 4. The molecule has 0 aliphatic carbocycles. The van der Waals surface area contributed by atoms with E-state index in [1.807, 2.05) is 6.07 Å². The molecule has 0 bridgehead atoms. The number of para-hydroxylation sites is 1. The first-order valence-corrected chi connectivity index (χ1v) is 9.96. The molecule has 1 aromatic carbocycles. The van der Waals surface area contributed by atoms with Gasteiger partial charge in [0, 0.05) is 13.1 Å². The molecular formula is C22H26N4O4. The van der Waals surface area contributed by atoms with Crippen molar-refractivity contribution >= 4 is 17.0 Å². The molecule has 30 heavy (non-hydrogen) atoms. The van der Waals surface area contributed by atoms with Gasteiger partial charge < -0.3 is 9.64 Å². The van der Waals surface area contributed by atoms with Crippen LogP contribution >= 0.6 is 0 Å². The predicted molar refractivity (Wildman–Crippen MR) is 115 cm³/mol. The van der Waals surface area contributed by atoms with Crippen molar-refractivity contribution in [3.05, 3.63) is 68.5 Å². The average Bonchev–Trinajstić information content (AvgIpc) is 2.76. The zero-order valence-electron chi connectivity index (χ0n) is 17.7. The lowest BCUT2D eigenvalue weighted by atomic mass is 10.1. The minimum Gasteiger partial charge on any atom is -0.465 e. The van der Waals surface area contributed by atoms with E-state index in [1.165, 1.54) is 17.7 Å². The van der Waals surface area contributed by atoms with Gasteiger partial charge in [0.25, 0.3) is 5.56 Å². The summed E-state index contributed by atoms with van der Waals surface area (Å²) in [6.07, 6.45) is 0. The van der Waals surface area contributed by atoms with Crippen LogP contribution in [0, 0.1) is 6.92 Å². The number of carbonyl (C=O) groups excluding carboxylic acids is 1. The molecule has 0 saturated carbocycles. The van der Waals surface area contributed by atoms with Gasteiger partial charge in [0.05, 0.1) is 29.4 Å². The van der Waals surface area contributed by atoms with Gasteiger partial charge in [-0.05, 0) is 38.2 Å². The van der Waals surface area contributed by atoms with E-state index in [9.17, 15) is 14.4 Å². The van der Waals surface area contributed by atoms with Crippen molar-refractivity contribution < 1.29 is 9.53 Å². The predicted octanol–water partition coefficient (Wildman–Crippen LogP) is 1.98. The Balaban J connectivity index is 2.33. The highest BCUT2D eigenvalue weighted by atomic mass is 16.5. The smallest absolute Gasteiger partial charge is 0.339 e. The third-order valence-electron chi connectivity index (χ3n) is 5.26. The summed E-state index contributed by atoms with van der Waals surface area (Å²) in [5, 5.41) is 0.198. The minimum absolute atomic E-state index is 0.198. The summed E-state index contributed by atoms with van der Waals surface area (Å²) < 4.78 is 7.46. The first-order valence-electron chi connectivity index (χ1n) is 9.96. The number of rotatable bonds is 7. The zero-order chi connectivity index (χ0) is 21.8. The fourth-order valence-electron chi connectivity index (χ4n) is 3.48. The second kappa shape index (κ2) is 9.04. The van der Waals surface area contributed by atoms with E-state index < -0.39 is 17.2 Å². The second-order valence-electron chi connectivity index (χ2n) is 6.92. The number of hydrogen-bond acceptors (Lipinski definition) is 6. The number of esters is 1. The maximum atomic E-state index is 13.4. The van der Waals surface area contributed by atoms with Crippen LogP contribution in [0.15, 0.2) is 46.0 Å². The monoisotopic (exact) mass is 410 g/mol. The fourth-order valence-corrected chi connectivity index (χ4v) is 3.48. The van der Waals surface area contributed by atoms with Gasteiger partial charge in [-0.2, -0.15) is 0 Å². The van der Waals surface area contributed by atoms with Crippen LogP contribution in [-0.2, 0) is 11.3 Å². The number of ether oxygens (including phenoxy) is 1. The molecule has 0 aliphatic rings. The highest BCUT2D eigenvalue weighted by Gasteiger charge is 2.20. The second-order valence-corrected chi connectivity index (χ2v) is 6.92. The van der Waals surface area contributed by atoms with Crippen molar-refractivity contribution in [2.24, 2.45) is 0 Å². The molecule has 158 valence electrons. The van der Waals surface area contributed by atoms with Crippen LogP contribution in [0.3, 0.4) is 0 Å². The standard InChI is InChI=1S/C22H26N4O4/c1-5-24(6-2)12-13-25-19-18(14-17(15(3)23-19)21(28)30-4)20(27)26(22(25)29)16-10-8-7-9-11-16/h7-11,14H,5-6,12-13H2,1-4H3. The van der Waals surface area contributed by atoms with Gasteiger partial charge in [-0.1, -0.05) is 32.0 Å². The summed E-state index contributed by atoms with van der Waals surface area (Å²) in [6.45, 7) is 8.47. The maximum absolute atomic E-state index is 13.4. The number of benzene rings is 1. The molecule has 8 heteroatoms. The van der Waals surface area contributed by atoms with Crippen molar-refractivity contribution in [3.63, 3.8) is 0 Å². The van der Waals surface area contributed by atoms with Gasteiger partial charge in [0.2, 0.25) is 0 Å². The van der Waals surface area contributed by atoms with E-state index >= 15 is 0 Å². The molecule has 3 aromatic rings. The molecule has 0 unspecified atom stereocenters. The van der Waals surface area contributed by atoms with Crippen molar-refractivity contribution in [1.29, 1.82) is 0 Å². The molecule has 8 nitrogen and oxygen atoms in total. The average molecular weight is 410 g/mol. The van der Waals surface area contributed by atoms with Gasteiger partial charge in [0.1, 0.15) is 5.65 Å². The van der Waals surface area contributed by atoms with E-state index in [0.29, 0.717) is 24.5 Å². The molecule has 3 rings (SSSR count). The Labute approximate surface area is 174 Å². The lowest BCUT2D eigenvalue weighted by Crippen LogP contribution is -2.41. The van der Waals surface area contributed by atoms with Crippen LogP contribution in [0.25, 0.3) is 16.7 Å². The summed E-state index contributed by atoms with van der Waals surface area (Å²) in [6, 6.07) is 10.2. The summed E-state index contributed by atoms with van der Waals surface area (Å²) >= 11 is 0. The number of methoxy groups -OCH3 is 1. The third-order valence-corrected chi connectivity index (χ3v) is 5.26. The Morgan fingerprint density at radius 3 is 2.40 bits per heavy atom. The first kappa shape index (κ1) is 21.4. The Kier molecular flexibility index (Phi) is 6.47. The largest absolute Gasteiger partial charge is 0.465 e. The summed E-state index contributed by atoms with van der Waals surface area (Å²) in [5.74, 6) is -0.576. The van der Waals surface area contributed by atoms with E-state index in [-0.39, 0.29) is 16.6 Å². The quantitative estimate of drug-likeness (QED) is 0.554. The van der Waals surface area contributed by atoms with Crippen LogP contribution < -0.4 is 11.2 Å². The fraction of sp³-hybridized carbons (Fsp3) is 0.364. The van der Waals surface area contributed by atoms with Crippen molar-refractivity contribution in [2.75, 3.05) is 26.7 Å². The van der Waals surface area contributed by atoms with Gasteiger partial charge in [-0.15, -0.1) is 0 Å². The van der Waals surface area contributed by atoms with Crippen LogP contribution in [0.1, 0.15) is 29.9 Å². The molecule has 0 aliphatic heterocycles. The normalized spacial score (nSPS) is 11.2. The highest BCUT2D eigenvalue weighted by molar-refractivity contribution is 5.94. The third kappa shape index (κ3) is 3.91. The van der Waals surface area contributed by atoms with Crippen molar-refractivity contribution in [1.82, 2.24) is 19.0 Å². The number of pyridine rings is 1. The van der Waals surface area contributed by atoms with E-state index in [0.717, 1.165) is 17.7 Å². The molecule has 0 N–H and O–H groups in total. The highest BCUT2D eigenvalue weighted by Crippen LogP contribution is 2.15. The summed E-state index contributed by atoms with van der Waals surface area (Å²) in [7, 11) is 1.28. The number of aromatic nitrogens is 3. The Bertz CT molecular complexity index is 1180. The molecule has 0 radical (unpaired) electrons. The number of carbonyl (C=O) groups is 1. The van der Waals surface area contributed by atoms with Crippen LogP contribution in [-0.4, -0.2) is 51.7 Å². The Morgan fingerprint density at radius 2 is 1.80 bits per heavy atom. The molecule has 0 saturated heterocycles. The van der Waals surface area contributed by atoms with E-state index in [2.05, 4.69) is 23.7 Å². The zero-order valence-corrected chi connectivity index (χ0v) is 17.7. The van der Waals surface area contributed by atoms with Gasteiger partial charge in [-0.3, -0.25) is 9.36 Å². The van der Waals surface area contributed by atoms with Gasteiger partial charge in [0.15, 0.2) is 0 Å². The number of likely N-dealkylation sites (N-methyl/N-ethyl adjacent to an activating group) is 1. The van der Waals surface area contributed by atoms with Crippen LogP contribution in [0.2, 0.25) is 0 Å². The molecule has 0 spiro atoms. The molecule has 0 atom stereocenters. The van der Waals surface area contributed by atoms with Gasteiger partial charge in [-0.25, -0.2) is 19.1 Å².